The zero-order valence-electron chi connectivity index (χ0n) is 10.4. The highest BCUT2D eigenvalue weighted by Gasteiger charge is 2.19. The first-order valence-corrected chi connectivity index (χ1v) is 6.28. The molecule has 0 unspecified atom stereocenters. The molecule has 0 aliphatic carbocycles. The van der Waals surface area contributed by atoms with E-state index >= 15 is 0 Å². The molecule has 0 saturated carbocycles. The third-order valence-electron chi connectivity index (χ3n) is 3.71. The Balaban J connectivity index is 1.89. The van der Waals surface area contributed by atoms with Crippen LogP contribution in [0.2, 0.25) is 0 Å². The number of likely N-dealkylation sites (tertiary alicyclic amines) is 1. The highest BCUT2D eigenvalue weighted by atomic mass is 16.3. The lowest BCUT2D eigenvalue weighted by atomic mass is 9.89. The first-order valence-electron chi connectivity index (χ1n) is 6.28. The van der Waals surface area contributed by atoms with Gasteiger partial charge in [0.2, 0.25) is 0 Å². The molecule has 90 valence electrons. The Bertz CT molecular complexity index is 524. The number of rotatable bonds is 1. The summed E-state index contributed by atoms with van der Waals surface area (Å²) in [7, 11) is 2.19. The fourth-order valence-corrected chi connectivity index (χ4v) is 2.65. The molecule has 1 saturated heterocycles. The first-order chi connectivity index (χ1) is 8.22. The number of nitrogens with zero attached hydrogens (tertiary/aromatic N) is 2. The SMILES string of the molecule is Cc1nc2ccc(C3CCN(C)CC3)cc2o1. The number of fused-ring (bicyclic) bond motifs is 1. The zero-order chi connectivity index (χ0) is 11.8. The van der Waals surface area contributed by atoms with Crippen LogP contribution in [0.1, 0.15) is 30.2 Å². The molecular weight excluding hydrogens is 212 g/mol. The predicted molar refractivity (Wildman–Crippen MR) is 68.2 cm³/mol. The van der Waals surface area contributed by atoms with Crippen LogP contribution in [0.15, 0.2) is 22.6 Å². The number of aromatic nitrogens is 1. The minimum atomic E-state index is 0.681. The molecule has 3 nitrogen and oxygen atoms in total. The Morgan fingerprint density at radius 3 is 2.82 bits per heavy atom. The summed E-state index contributed by atoms with van der Waals surface area (Å²) in [6, 6.07) is 6.46. The molecule has 0 N–H and O–H groups in total. The van der Waals surface area contributed by atoms with E-state index in [-0.39, 0.29) is 0 Å². The van der Waals surface area contributed by atoms with E-state index in [9.17, 15) is 0 Å². The molecule has 0 atom stereocenters. The first kappa shape index (κ1) is 10.8. The van der Waals surface area contributed by atoms with Gasteiger partial charge in [0.1, 0.15) is 5.52 Å². The third-order valence-corrected chi connectivity index (χ3v) is 3.71. The topological polar surface area (TPSA) is 29.3 Å². The monoisotopic (exact) mass is 230 g/mol. The van der Waals surface area contributed by atoms with Crippen molar-refractivity contribution in [3.63, 3.8) is 0 Å². The largest absolute Gasteiger partial charge is 0.441 e. The van der Waals surface area contributed by atoms with E-state index in [1.165, 1.54) is 31.5 Å². The summed E-state index contributed by atoms with van der Waals surface area (Å²) in [5.74, 6) is 1.43. The van der Waals surface area contributed by atoms with Gasteiger partial charge < -0.3 is 9.32 Å². The summed E-state index contributed by atoms with van der Waals surface area (Å²) < 4.78 is 5.60. The summed E-state index contributed by atoms with van der Waals surface area (Å²) in [6.45, 7) is 4.28. The van der Waals surface area contributed by atoms with Crippen molar-refractivity contribution in [2.24, 2.45) is 0 Å². The molecule has 2 heterocycles. The van der Waals surface area contributed by atoms with Gasteiger partial charge in [-0.3, -0.25) is 0 Å². The second kappa shape index (κ2) is 4.15. The molecule has 3 rings (SSSR count). The van der Waals surface area contributed by atoms with Gasteiger partial charge >= 0.3 is 0 Å². The Labute approximate surface area is 101 Å². The molecule has 1 aliphatic heterocycles. The van der Waals surface area contributed by atoms with Gasteiger partial charge in [-0.25, -0.2) is 4.98 Å². The van der Waals surface area contributed by atoms with Crippen LogP contribution in [0.25, 0.3) is 11.1 Å². The van der Waals surface area contributed by atoms with Crippen molar-refractivity contribution in [3.8, 4) is 0 Å². The molecule has 0 bridgehead atoms. The van der Waals surface area contributed by atoms with Gasteiger partial charge in [0.25, 0.3) is 0 Å². The Hall–Kier alpha value is -1.35. The molecular formula is C14H18N2O. The molecule has 0 spiro atoms. The molecule has 1 aromatic heterocycles. The lowest BCUT2D eigenvalue weighted by Gasteiger charge is -2.29. The molecule has 0 amide bonds. The number of oxazole rings is 1. The Morgan fingerprint density at radius 2 is 2.06 bits per heavy atom. The molecule has 17 heavy (non-hydrogen) atoms. The number of benzene rings is 1. The van der Waals surface area contributed by atoms with Gasteiger partial charge in [-0.2, -0.15) is 0 Å². The molecule has 1 fully saturated rings. The normalized spacial score (nSPS) is 18.9. The molecule has 1 aromatic carbocycles. The van der Waals surface area contributed by atoms with Crippen LogP contribution in [0.4, 0.5) is 0 Å². The van der Waals surface area contributed by atoms with Crippen molar-refractivity contribution >= 4 is 11.1 Å². The summed E-state index contributed by atoms with van der Waals surface area (Å²) in [5.41, 5.74) is 3.31. The van der Waals surface area contributed by atoms with Gasteiger partial charge in [0.05, 0.1) is 0 Å². The van der Waals surface area contributed by atoms with Crippen molar-refractivity contribution in [1.29, 1.82) is 0 Å². The lowest BCUT2D eigenvalue weighted by Crippen LogP contribution is -2.29. The van der Waals surface area contributed by atoms with Gasteiger partial charge in [-0.1, -0.05) is 6.07 Å². The van der Waals surface area contributed by atoms with Crippen LogP contribution in [0, 0.1) is 6.92 Å². The van der Waals surface area contributed by atoms with Crippen LogP contribution >= 0.6 is 0 Å². The molecule has 0 radical (unpaired) electrons. The maximum absolute atomic E-state index is 5.60. The summed E-state index contributed by atoms with van der Waals surface area (Å²) in [6.07, 6.45) is 2.49. The van der Waals surface area contributed by atoms with E-state index in [1.54, 1.807) is 0 Å². The zero-order valence-corrected chi connectivity index (χ0v) is 10.4. The summed E-state index contributed by atoms with van der Waals surface area (Å²) >= 11 is 0. The summed E-state index contributed by atoms with van der Waals surface area (Å²) in [4.78, 5) is 6.73. The number of aryl methyl sites for hydroxylation is 1. The van der Waals surface area contributed by atoms with Gasteiger partial charge in [0, 0.05) is 6.92 Å². The van der Waals surface area contributed by atoms with Crippen LogP contribution < -0.4 is 0 Å². The van der Waals surface area contributed by atoms with Gasteiger partial charge in [0.15, 0.2) is 11.5 Å². The predicted octanol–water partition coefficient (Wildman–Crippen LogP) is 2.95. The smallest absolute Gasteiger partial charge is 0.192 e. The maximum atomic E-state index is 5.60. The van der Waals surface area contributed by atoms with Crippen LogP contribution in [0.5, 0.6) is 0 Å². The molecule has 2 aromatic rings. The van der Waals surface area contributed by atoms with Crippen LogP contribution in [0.3, 0.4) is 0 Å². The standard InChI is InChI=1S/C14H18N2O/c1-10-15-13-4-3-12(9-14(13)17-10)11-5-7-16(2)8-6-11/h3-4,9,11H,5-8H2,1-2H3. The van der Waals surface area contributed by atoms with Crippen molar-refractivity contribution in [2.75, 3.05) is 20.1 Å². The van der Waals surface area contributed by atoms with E-state index in [1.807, 2.05) is 6.92 Å². The van der Waals surface area contributed by atoms with Gasteiger partial charge in [-0.05, 0) is 56.6 Å². The van der Waals surface area contributed by atoms with E-state index in [2.05, 4.69) is 35.1 Å². The molecule has 1 aliphatic rings. The minimum Gasteiger partial charge on any atom is -0.441 e. The van der Waals surface area contributed by atoms with E-state index in [0.29, 0.717) is 5.92 Å². The fourth-order valence-electron chi connectivity index (χ4n) is 2.65. The average molecular weight is 230 g/mol. The third kappa shape index (κ3) is 2.07. The number of piperidine rings is 1. The number of hydrogen-bond acceptors (Lipinski definition) is 3. The van der Waals surface area contributed by atoms with Crippen LogP contribution in [-0.4, -0.2) is 30.0 Å². The second-order valence-corrected chi connectivity index (χ2v) is 5.04. The Morgan fingerprint density at radius 1 is 1.29 bits per heavy atom. The number of hydrogen-bond donors (Lipinski definition) is 0. The van der Waals surface area contributed by atoms with Crippen molar-refractivity contribution in [2.45, 2.75) is 25.7 Å². The van der Waals surface area contributed by atoms with Gasteiger partial charge in [-0.15, -0.1) is 0 Å². The van der Waals surface area contributed by atoms with E-state index in [4.69, 9.17) is 4.42 Å². The highest BCUT2D eigenvalue weighted by Crippen LogP contribution is 2.29. The second-order valence-electron chi connectivity index (χ2n) is 5.04. The fraction of sp³-hybridized carbons (Fsp3) is 0.500. The highest BCUT2D eigenvalue weighted by molar-refractivity contribution is 5.73. The molecule has 3 heteroatoms. The quantitative estimate of drug-likeness (QED) is 0.754. The average Bonchev–Trinajstić information content (AvgIpc) is 2.69. The Kier molecular flexibility index (Phi) is 2.63. The van der Waals surface area contributed by atoms with E-state index in [0.717, 1.165) is 17.0 Å². The van der Waals surface area contributed by atoms with Crippen molar-refractivity contribution < 1.29 is 4.42 Å². The van der Waals surface area contributed by atoms with Crippen molar-refractivity contribution in [1.82, 2.24) is 9.88 Å². The summed E-state index contributed by atoms with van der Waals surface area (Å²) in [5, 5.41) is 0. The lowest BCUT2D eigenvalue weighted by molar-refractivity contribution is 0.255. The van der Waals surface area contributed by atoms with Crippen LogP contribution in [-0.2, 0) is 0 Å². The van der Waals surface area contributed by atoms with E-state index < -0.39 is 0 Å². The minimum absolute atomic E-state index is 0.681. The van der Waals surface area contributed by atoms with Crippen molar-refractivity contribution in [3.05, 3.63) is 29.7 Å². The maximum Gasteiger partial charge on any atom is 0.192 e.